The van der Waals surface area contributed by atoms with E-state index in [1.54, 1.807) is 12.3 Å². The van der Waals surface area contributed by atoms with Gasteiger partial charge in [-0.05, 0) is 37.8 Å². The van der Waals surface area contributed by atoms with Crippen LogP contribution in [-0.4, -0.2) is 36.0 Å². The SMILES string of the molecule is [C-]#[N+]c1ccc(-n2ncc3c(OC4CCC(c5nc(C(C)C)no5)CC4)ncnc32)c(F)c1. The highest BCUT2D eigenvalue weighted by Crippen LogP contribution is 2.35. The Hall–Kier alpha value is -3.87. The predicted octanol–water partition coefficient (Wildman–Crippen LogP) is 5.12. The van der Waals surface area contributed by atoms with Crippen molar-refractivity contribution in [2.75, 3.05) is 0 Å². The summed E-state index contributed by atoms with van der Waals surface area (Å²) in [6.07, 6.45) is 6.38. The Morgan fingerprint density at radius 2 is 2.03 bits per heavy atom. The van der Waals surface area contributed by atoms with Gasteiger partial charge in [-0.15, -0.1) is 0 Å². The second-order valence-corrected chi connectivity index (χ2v) is 8.46. The molecule has 1 aliphatic rings. The van der Waals surface area contributed by atoms with Crippen LogP contribution in [-0.2, 0) is 0 Å². The minimum Gasteiger partial charge on any atom is -0.474 e. The highest BCUT2D eigenvalue weighted by atomic mass is 19.1. The minimum atomic E-state index is -0.547. The molecule has 0 amide bonds. The first-order valence-corrected chi connectivity index (χ1v) is 10.9. The average molecular weight is 447 g/mol. The molecule has 0 bridgehead atoms. The first-order chi connectivity index (χ1) is 16.0. The van der Waals surface area contributed by atoms with E-state index in [1.165, 1.54) is 23.1 Å². The third-order valence-corrected chi connectivity index (χ3v) is 5.89. The standard InChI is InChI=1S/C23H22FN7O2/c1-13(2)20-29-22(33-30-20)14-4-7-16(8-5-14)32-23-17-11-28-31(21(17)26-12-27-23)19-9-6-15(25-3)10-18(19)24/h6,9-14,16H,4-5,7-8H2,1-2H3. The van der Waals surface area contributed by atoms with E-state index in [-0.39, 0.29) is 29.3 Å². The smallest absolute Gasteiger partial charge is 0.229 e. The molecule has 0 N–H and O–H groups in total. The van der Waals surface area contributed by atoms with Crippen molar-refractivity contribution in [1.82, 2.24) is 29.9 Å². The molecule has 1 fully saturated rings. The van der Waals surface area contributed by atoms with E-state index in [9.17, 15) is 4.39 Å². The summed E-state index contributed by atoms with van der Waals surface area (Å²) in [6.45, 7) is 11.1. The van der Waals surface area contributed by atoms with Crippen LogP contribution >= 0.6 is 0 Å². The second-order valence-electron chi connectivity index (χ2n) is 8.46. The van der Waals surface area contributed by atoms with Crippen molar-refractivity contribution in [2.45, 2.75) is 57.5 Å². The first kappa shape index (κ1) is 21.0. The topological polar surface area (TPSA) is 96.1 Å². The Kier molecular flexibility index (Phi) is 5.46. The van der Waals surface area contributed by atoms with Gasteiger partial charge >= 0.3 is 0 Å². The molecule has 5 rings (SSSR count). The lowest BCUT2D eigenvalue weighted by Gasteiger charge is -2.26. The van der Waals surface area contributed by atoms with Gasteiger partial charge in [0, 0.05) is 11.8 Å². The Balaban J connectivity index is 1.32. The molecular weight excluding hydrogens is 425 g/mol. The molecule has 3 aromatic heterocycles. The highest BCUT2D eigenvalue weighted by Gasteiger charge is 2.28. The molecule has 1 aromatic carbocycles. The normalized spacial score (nSPS) is 18.5. The van der Waals surface area contributed by atoms with E-state index in [0.717, 1.165) is 31.5 Å². The van der Waals surface area contributed by atoms with Crippen LogP contribution in [0.1, 0.15) is 63.1 Å². The Morgan fingerprint density at radius 3 is 2.73 bits per heavy atom. The molecule has 0 radical (unpaired) electrons. The molecule has 0 saturated heterocycles. The van der Waals surface area contributed by atoms with Crippen LogP contribution in [0.3, 0.4) is 0 Å². The highest BCUT2D eigenvalue weighted by molar-refractivity contribution is 5.81. The molecule has 0 aliphatic heterocycles. The molecule has 1 saturated carbocycles. The van der Waals surface area contributed by atoms with Crippen molar-refractivity contribution < 1.29 is 13.7 Å². The molecule has 33 heavy (non-hydrogen) atoms. The molecule has 0 spiro atoms. The summed E-state index contributed by atoms with van der Waals surface area (Å²) < 4.78 is 27.6. The lowest BCUT2D eigenvalue weighted by Crippen LogP contribution is -2.24. The van der Waals surface area contributed by atoms with Crippen LogP contribution in [0.5, 0.6) is 5.88 Å². The van der Waals surface area contributed by atoms with Gasteiger partial charge in [0.1, 0.15) is 29.3 Å². The van der Waals surface area contributed by atoms with Crippen LogP contribution < -0.4 is 4.74 Å². The van der Waals surface area contributed by atoms with E-state index >= 15 is 0 Å². The van der Waals surface area contributed by atoms with Gasteiger partial charge < -0.3 is 9.26 Å². The zero-order valence-electron chi connectivity index (χ0n) is 18.3. The summed E-state index contributed by atoms with van der Waals surface area (Å²) in [5.74, 6) is 1.79. The maximum absolute atomic E-state index is 14.5. The fraction of sp³-hybridized carbons (Fsp3) is 0.391. The monoisotopic (exact) mass is 447 g/mol. The molecule has 4 aromatic rings. The molecule has 1 aliphatic carbocycles. The van der Waals surface area contributed by atoms with E-state index in [0.29, 0.717) is 22.8 Å². The lowest BCUT2D eigenvalue weighted by atomic mass is 9.87. The summed E-state index contributed by atoms with van der Waals surface area (Å²) in [6, 6.07) is 4.24. The zero-order valence-corrected chi connectivity index (χ0v) is 18.3. The number of benzene rings is 1. The van der Waals surface area contributed by atoms with Gasteiger partial charge in [-0.3, -0.25) is 0 Å². The summed E-state index contributed by atoms with van der Waals surface area (Å²) in [5, 5.41) is 8.97. The third-order valence-electron chi connectivity index (χ3n) is 5.89. The van der Waals surface area contributed by atoms with Gasteiger partial charge in [0.25, 0.3) is 0 Å². The molecule has 168 valence electrons. The summed E-state index contributed by atoms with van der Waals surface area (Å²) >= 11 is 0. The number of nitrogens with zero attached hydrogens (tertiary/aromatic N) is 7. The number of halogens is 1. The van der Waals surface area contributed by atoms with Crippen LogP contribution in [0.25, 0.3) is 21.6 Å². The molecular formula is C23H22FN7O2. The van der Waals surface area contributed by atoms with Crippen molar-refractivity contribution in [3.05, 3.63) is 59.7 Å². The summed E-state index contributed by atoms with van der Waals surface area (Å²) in [7, 11) is 0. The van der Waals surface area contributed by atoms with Gasteiger partial charge in [-0.25, -0.2) is 23.9 Å². The van der Waals surface area contributed by atoms with E-state index < -0.39 is 5.82 Å². The fourth-order valence-electron chi connectivity index (χ4n) is 4.06. The molecule has 3 heterocycles. The van der Waals surface area contributed by atoms with Gasteiger partial charge in [0.05, 0.1) is 12.8 Å². The molecule has 0 atom stereocenters. The number of hydrogen-bond acceptors (Lipinski definition) is 7. The number of rotatable bonds is 5. The van der Waals surface area contributed by atoms with Crippen LogP contribution in [0.15, 0.2) is 35.2 Å². The average Bonchev–Trinajstić information content (AvgIpc) is 3.48. The van der Waals surface area contributed by atoms with Crippen LogP contribution in [0, 0.1) is 12.4 Å². The van der Waals surface area contributed by atoms with Gasteiger partial charge in [-0.1, -0.05) is 25.1 Å². The third kappa shape index (κ3) is 4.02. The first-order valence-electron chi connectivity index (χ1n) is 10.9. The number of fused-ring (bicyclic) bond motifs is 1. The van der Waals surface area contributed by atoms with Crippen molar-refractivity contribution in [3.63, 3.8) is 0 Å². The molecule has 9 nitrogen and oxygen atoms in total. The summed E-state index contributed by atoms with van der Waals surface area (Å²) in [4.78, 5) is 16.4. The van der Waals surface area contributed by atoms with Crippen molar-refractivity contribution in [2.24, 2.45) is 0 Å². The van der Waals surface area contributed by atoms with E-state index in [4.69, 9.17) is 15.8 Å². The molecule has 0 unspecified atom stereocenters. The van der Waals surface area contributed by atoms with Crippen molar-refractivity contribution >= 4 is 16.7 Å². The quantitative estimate of drug-likeness (QED) is 0.392. The van der Waals surface area contributed by atoms with E-state index in [2.05, 4.69) is 30.1 Å². The largest absolute Gasteiger partial charge is 0.474 e. The maximum atomic E-state index is 14.5. The van der Waals surface area contributed by atoms with Gasteiger partial charge in [0.15, 0.2) is 17.2 Å². The number of ether oxygens (including phenoxy) is 1. The van der Waals surface area contributed by atoms with Gasteiger partial charge in [-0.2, -0.15) is 10.1 Å². The zero-order chi connectivity index (χ0) is 22.9. The second kappa shape index (κ2) is 8.58. The lowest BCUT2D eigenvalue weighted by molar-refractivity contribution is 0.135. The maximum Gasteiger partial charge on any atom is 0.229 e. The van der Waals surface area contributed by atoms with Gasteiger partial charge in [0.2, 0.25) is 11.8 Å². The number of aromatic nitrogens is 6. The Labute approximate surface area is 189 Å². The predicted molar refractivity (Wildman–Crippen MR) is 117 cm³/mol. The van der Waals surface area contributed by atoms with Crippen LogP contribution in [0.4, 0.5) is 10.1 Å². The number of hydrogen-bond donors (Lipinski definition) is 0. The van der Waals surface area contributed by atoms with Crippen LogP contribution in [0.2, 0.25) is 0 Å². The Morgan fingerprint density at radius 1 is 1.21 bits per heavy atom. The van der Waals surface area contributed by atoms with Crippen molar-refractivity contribution in [1.29, 1.82) is 0 Å². The van der Waals surface area contributed by atoms with E-state index in [1.807, 2.05) is 13.8 Å². The van der Waals surface area contributed by atoms with Crippen molar-refractivity contribution in [3.8, 4) is 11.6 Å². The fourth-order valence-corrected chi connectivity index (χ4v) is 4.06. The molecule has 10 heteroatoms. The minimum absolute atomic E-state index is 0.00937. The summed E-state index contributed by atoms with van der Waals surface area (Å²) in [5.41, 5.74) is 0.876. The Bertz CT molecular complexity index is 1330.